The van der Waals surface area contributed by atoms with Crippen LogP contribution in [0.5, 0.6) is 0 Å². The molecule has 9 heteroatoms. The molecule has 1 aliphatic heterocycles. The second-order valence-corrected chi connectivity index (χ2v) is 9.25. The van der Waals surface area contributed by atoms with Gasteiger partial charge in [-0.1, -0.05) is 24.3 Å². The number of hydrogen-bond donors (Lipinski definition) is 2. The molecule has 130 valence electrons. The molecule has 0 saturated carbocycles. The third-order valence-corrected chi connectivity index (χ3v) is 6.74. The van der Waals surface area contributed by atoms with Crippen molar-refractivity contribution in [3.05, 3.63) is 35.4 Å². The van der Waals surface area contributed by atoms with Crippen molar-refractivity contribution in [1.82, 2.24) is 13.7 Å². The van der Waals surface area contributed by atoms with Gasteiger partial charge in [0.1, 0.15) is 0 Å². The van der Waals surface area contributed by atoms with E-state index < -0.39 is 20.2 Å². The molecule has 1 aromatic carbocycles. The molecular weight excluding hydrogens is 338 g/mol. The van der Waals surface area contributed by atoms with Crippen molar-refractivity contribution >= 4 is 20.2 Å². The Bertz CT molecular complexity index is 732. The number of nitrogens with zero attached hydrogens (tertiary/aromatic N) is 1. The zero-order chi connectivity index (χ0) is 16.9. The van der Waals surface area contributed by atoms with Gasteiger partial charge in [-0.2, -0.15) is 12.7 Å². The Kier molecular flexibility index (Phi) is 6.15. The molecule has 0 radical (unpaired) electrons. The first kappa shape index (κ1) is 18.3. The van der Waals surface area contributed by atoms with Gasteiger partial charge in [-0.3, -0.25) is 0 Å². The van der Waals surface area contributed by atoms with E-state index in [0.29, 0.717) is 25.9 Å². The minimum atomic E-state index is -3.54. The lowest BCUT2D eigenvalue weighted by molar-refractivity contribution is 0.384. The first-order valence-corrected chi connectivity index (χ1v) is 10.7. The third kappa shape index (κ3) is 5.25. The van der Waals surface area contributed by atoms with E-state index in [4.69, 9.17) is 0 Å². The summed E-state index contributed by atoms with van der Waals surface area (Å²) in [5.74, 6) is 0.0198. The van der Waals surface area contributed by atoms with Crippen LogP contribution in [-0.2, 0) is 33.2 Å². The van der Waals surface area contributed by atoms with Crippen LogP contribution in [0.15, 0.2) is 24.3 Å². The summed E-state index contributed by atoms with van der Waals surface area (Å²) in [5, 5.41) is 0. The van der Waals surface area contributed by atoms with Gasteiger partial charge < -0.3 is 0 Å². The maximum absolute atomic E-state index is 12.3. The molecule has 0 amide bonds. The first-order chi connectivity index (χ1) is 10.8. The van der Waals surface area contributed by atoms with Gasteiger partial charge in [-0.15, -0.1) is 0 Å². The fraction of sp³-hybridized carbons (Fsp3) is 0.571. The lowest BCUT2D eigenvalue weighted by Crippen LogP contribution is -2.44. The second-order valence-electron chi connectivity index (χ2n) is 5.40. The SMILES string of the molecule is CCS(=O)(=O)NCCCNS(=O)(=O)N1CCc2ccccc2C1. The zero-order valence-electron chi connectivity index (χ0n) is 13.2. The normalized spacial score (nSPS) is 16.2. The smallest absolute Gasteiger partial charge is 0.215 e. The highest BCUT2D eigenvalue weighted by molar-refractivity contribution is 7.89. The molecule has 0 saturated heterocycles. The van der Waals surface area contributed by atoms with E-state index >= 15 is 0 Å². The van der Waals surface area contributed by atoms with Gasteiger partial charge in [-0.05, 0) is 30.9 Å². The molecule has 23 heavy (non-hydrogen) atoms. The first-order valence-electron chi connectivity index (χ1n) is 7.63. The molecule has 1 heterocycles. The highest BCUT2D eigenvalue weighted by Gasteiger charge is 2.25. The van der Waals surface area contributed by atoms with Crippen molar-refractivity contribution in [2.45, 2.75) is 26.3 Å². The number of sulfonamides is 1. The average molecular weight is 361 g/mol. The van der Waals surface area contributed by atoms with Crippen molar-refractivity contribution in [3.63, 3.8) is 0 Å². The molecular formula is C14H23N3O4S2. The van der Waals surface area contributed by atoms with Gasteiger partial charge in [0.2, 0.25) is 10.0 Å². The standard InChI is InChI=1S/C14H23N3O4S2/c1-2-22(18,19)15-9-5-10-16-23(20,21)17-11-8-13-6-3-4-7-14(13)12-17/h3-4,6-7,15-16H,2,5,8-12H2,1H3. The summed E-state index contributed by atoms with van der Waals surface area (Å²) in [7, 11) is -6.77. The number of hydrogen-bond acceptors (Lipinski definition) is 4. The monoisotopic (exact) mass is 361 g/mol. The van der Waals surface area contributed by atoms with Gasteiger partial charge >= 0.3 is 0 Å². The highest BCUT2D eigenvalue weighted by atomic mass is 32.2. The van der Waals surface area contributed by atoms with E-state index in [2.05, 4.69) is 9.44 Å². The summed E-state index contributed by atoms with van der Waals surface area (Å²) in [4.78, 5) is 0. The van der Waals surface area contributed by atoms with E-state index in [0.717, 1.165) is 5.56 Å². The van der Waals surface area contributed by atoms with Crippen LogP contribution in [0.4, 0.5) is 0 Å². The molecule has 1 aromatic rings. The highest BCUT2D eigenvalue weighted by Crippen LogP contribution is 2.20. The molecule has 0 aromatic heterocycles. The number of rotatable bonds is 8. The largest absolute Gasteiger partial charge is 0.279 e. The van der Waals surface area contributed by atoms with Crippen molar-refractivity contribution in [3.8, 4) is 0 Å². The molecule has 7 nitrogen and oxygen atoms in total. The van der Waals surface area contributed by atoms with Crippen LogP contribution in [0.1, 0.15) is 24.5 Å². The van der Waals surface area contributed by atoms with E-state index in [1.807, 2.05) is 24.3 Å². The van der Waals surface area contributed by atoms with Crippen LogP contribution in [0.3, 0.4) is 0 Å². The Morgan fingerprint density at radius 3 is 2.39 bits per heavy atom. The quantitative estimate of drug-likeness (QED) is 0.647. The van der Waals surface area contributed by atoms with E-state index in [1.165, 1.54) is 9.87 Å². The Morgan fingerprint density at radius 1 is 1.04 bits per heavy atom. The number of benzene rings is 1. The Balaban J connectivity index is 1.81. The van der Waals surface area contributed by atoms with Gasteiger partial charge in [0.15, 0.2) is 0 Å². The van der Waals surface area contributed by atoms with Gasteiger partial charge in [-0.25, -0.2) is 17.9 Å². The minimum Gasteiger partial charge on any atom is -0.215 e. The van der Waals surface area contributed by atoms with Gasteiger partial charge in [0.25, 0.3) is 10.2 Å². The van der Waals surface area contributed by atoms with Crippen LogP contribution < -0.4 is 9.44 Å². The van der Waals surface area contributed by atoms with Crippen molar-refractivity contribution in [2.24, 2.45) is 0 Å². The predicted molar refractivity (Wildman–Crippen MR) is 89.6 cm³/mol. The summed E-state index contributed by atoms with van der Waals surface area (Å²) < 4.78 is 53.5. The Morgan fingerprint density at radius 2 is 1.70 bits per heavy atom. The fourth-order valence-corrected chi connectivity index (χ4v) is 4.27. The summed E-state index contributed by atoms with van der Waals surface area (Å²) in [6, 6.07) is 7.82. The molecule has 1 aliphatic rings. The molecule has 2 rings (SSSR count). The maximum Gasteiger partial charge on any atom is 0.279 e. The summed E-state index contributed by atoms with van der Waals surface area (Å²) in [5.41, 5.74) is 2.22. The topological polar surface area (TPSA) is 95.6 Å². The molecule has 0 fully saturated rings. The van der Waals surface area contributed by atoms with Crippen molar-refractivity contribution in [2.75, 3.05) is 25.4 Å². The van der Waals surface area contributed by atoms with Crippen LogP contribution in [0.25, 0.3) is 0 Å². The molecule has 0 unspecified atom stereocenters. The molecule has 0 aliphatic carbocycles. The number of fused-ring (bicyclic) bond motifs is 1. The lowest BCUT2D eigenvalue weighted by atomic mass is 10.0. The molecule has 0 spiro atoms. The lowest BCUT2D eigenvalue weighted by Gasteiger charge is -2.28. The van der Waals surface area contributed by atoms with Crippen LogP contribution in [0.2, 0.25) is 0 Å². The van der Waals surface area contributed by atoms with Crippen LogP contribution >= 0.6 is 0 Å². The fourth-order valence-electron chi connectivity index (χ4n) is 2.39. The van der Waals surface area contributed by atoms with Gasteiger partial charge in [0.05, 0.1) is 5.75 Å². The number of nitrogens with one attached hydrogen (secondary N) is 2. The summed E-state index contributed by atoms with van der Waals surface area (Å²) in [6.07, 6.45) is 1.11. The molecule has 0 atom stereocenters. The molecule has 0 bridgehead atoms. The maximum atomic E-state index is 12.3. The van der Waals surface area contributed by atoms with E-state index in [-0.39, 0.29) is 18.8 Å². The van der Waals surface area contributed by atoms with Crippen molar-refractivity contribution in [1.29, 1.82) is 0 Å². The molecule has 2 N–H and O–H groups in total. The second kappa shape index (κ2) is 7.71. The minimum absolute atomic E-state index is 0.0198. The Labute approximate surface area is 138 Å². The van der Waals surface area contributed by atoms with Crippen LogP contribution in [-0.4, -0.2) is 46.5 Å². The summed E-state index contributed by atoms with van der Waals surface area (Å²) >= 11 is 0. The average Bonchev–Trinajstić information content (AvgIpc) is 2.54. The predicted octanol–water partition coefficient (Wildman–Crippen LogP) is 0.209. The summed E-state index contributed by atoms with van der Waals surface area (Å²) in [6.45, 7) is 2.80. The van der Waals surface area contributed by atoms with E-state index in [1.54, 1.807) is 6.92 Å². The Hall–Kier alpha value is -1.00. The van der Waals surface area contributed by atoms with Crippen molar-refractivity contribution < 1.29 is 16.8 Å². The van der Waals surface area contributed by atoms with E-state index in [9.17, 15) is 16.8 Å². The third-order valence-electron chi connectivity index (χ3n) is 3.78. The van der Waals surface area contributed by atoms with Crippen LogP contribution in [0, 0.1) is 0 Å². The zero-order valence-corrected chi connectivity index (χ0v) is 14.8. The van der Waals surface area contributed by atoms with Gasteiger partial charge in [0, 0.05) is 26.2 Å².